The summed E-state index contributed by atoms with van der Waals surface area (Å²) in [6, 6.07) is 85.7. The summed E-state index contributed by atoms with van der Waals surface area (Å²) < 4.78 is 7.05. The number of halogens is 5. The summed E-state index contributed by atoms with van der Waals surface area (Å²) in [6.45, 7) is 22.3. The molecular weight excluding hydrogens is 1670 g/mol. The molecule has 1 saturated heterocycles. The number of carbonyl (C=O) groups is 3. The van der Waals surface area contributed by atoms with E-state index in [0.29, 0.717) is 71.0 Å². The van der Waals surface area contributed by atoms with Crippen LogP contribution in [0.15, 0.2) is 266 Å². The third-order valence-corrected chi connectivity index (χ3v) is 25.1. The molecule has 4 heterocycles. The van der Waals surface area contributed by atoms with Crippen LogP contribution in [0.25, 0.3) is 33.8 Å². The maximum Gasteiger partial charge on any atom is 0.323 e. The number of thiazole rings is 3. The highest BCUT2D eigenvalue weighted by Crippen LogP contribution is 2.40. The molecule has 6 amide bonds. The third-order valence-electron chi connectivity index (χ3n) is 20.6. The molecule has 0 saturated carbocycles. The van der Waals surface area contributed by atoms with Crippen molar-refractivity contribution in [1.29, 1.82) is 0 Å². The maximum atomic E-state index is 13.5. The Morgan fingerprint density at radius 1 is 0.421 bits per heavy atom. The topological polar surface area (TPSA) is 172 Å². The molecule has 1 aliphatic rings. The van der Waals surface area contributed by atoms with Crippen molar-refractivity contribution < 1.29 is 24.2 Å². The van der Waals surface area contributed by atoms with Gasteiger partial charge in [0.1, 0.15) is 35.2 Å². The number of aliphatic hydroxyl groups excluding tert-OH is 1. The van der Waals surface area contributed by atoms with Crippen LogP contribution in [0.4, 0.5) is 29.8 Å². The standard InChI is InChI=1S/C33H37ClN4O2S.C29H29Cl2N3OS.C29H30ClN3O2S.C6H12ClN/c1-24(2)38(18-17-29(26-9-5-3-6-10-26)27-11-7-4-8-12-27)33(39)36-32-35-30(31(34)41-32)28-15-13-25(14-16-28)23-37-19-21-40-22-20-37;1-20(2)34(18-17-25(22-9-5-3-6-10-22)23-11-7-4-8-12-23)29(35)33-28-32-26(27(31)36-28)24-15-13-21(19-30)14-16-24;1-20(2)33(18-17-25(22-9-5-3-6-10-22)23-11-7-4-8-12-23)29(35)32-28-31-26(27(30)36-28)24-15-13-21(19-34)14-16-24;1-5(2)6(7)8(3)4/h3-16,24,29H,17-23H2,1-2H3,(H,35,36,39);3-16,20,25H,17-19H2,1-2H3,(H,32,33,35);3-16,20,25,34H,17-19H2,1-2H3,(H,31,32,35);1-4H3. The Morgan fingerprint density at radius 2 is 0.686 bits per heavy atom. The second kappa shape index (κ2) is 47.8. The zero-order valence-electron chi connectivity index (χ0n) is 70.2. The zero-order valence-corrected chi connectivity index (χ0v) is 76.4. The fourth-order valence-electron chi connectivity index (χ4n) is 14.1. The van der Waals surface area contributed by atoms with Gasteiger partial charge in [0.05, 0.1) is 19.8 Å². The van der Waals surface area contributed by atoms with Crippen LogP contribution in [-0.2, 0) is 23.8 Å². The Morgan fingerprint density at radius 3 is 0.917 bits per heavy atom. The second-order valence-corrected chi connectivity index (χ2v) is 35.9. The number of hydrogen-bond donors (Lipinski definition) is 4. The van der Waals surface area contributed by atoms with Gasteiger partial charge in [-0.3, -0.25) is 20.9 Å². The Balaban J connectivity index is 0.000000182. The summed E-state index contributed by atoms with van der Waals surface area (Å²) >= 11 is 35.0. The van der Waals surface area contributed by atoms with E-state index in [9.17, 15) is 19.5 Å². The van der Waals surface area contributed by atoms with Crippen molar-refractivity contribution in [2.75, 3.05) is 76.0 Å². The van der Waals surface area contributed by atoms with Crippen LogP contribution in [-0.4, -0.2) is 141 Å². The van der Waals surface area contributed by atoms with Crippen molar-refractivity contribution in [3.63, 3.8) is 0 Å². The summed E-state index contributed by atoms with van der Waals surface area (Å²) in [6.07, 6.45) is 2.40. The van der Waals surface area contributed by atoms with Gasteiger partial charge in [-0.05, 0) is 130 Å². The van der Waals surface area contributed by atoms with Gasteiger partial charge in [-0.15, -0.1) is 11.6 Å². The monoisotopic (exact) mass is 1780 g/mol. The number of ether oxygens (including phenoxy) is 1. The molecule has 0 unspecified atom stereocenters. The minimum Gasteiger partial charge on any atom is -0.392 e. The van der Waals surface area contributed by atoms with Crippen LogP contribution in [0, 0.1) is 0 Å². The number of allylic oxidation sites excluding steroid dienone is 1. The maximum absolute atomic E-state index is 13.5. The van der Waals surface area contributed by atoms with Gasteiger partial charge >= 0.3 is 18.1 Å². The smallest absolute Gasteiger partial charge is 0.323 e. The van der Waals surface area contributed by atoms with Crippen LogP contribution in [0.1, 0.15) is 142 Å². The average molecular weight is 1780 g/mol. The van der Waals surface area contributed by atoms with Gasteiger partial charge in [-0.2, -0.15) is 0 Å². The number of alkyl halides is 1. The van der Waals surface area contributed by atoms with Gasteiger partial charge < -0.3 is 29.4 Å². The number of nitrogens with one attached hydrogen (secondary N) is 3. The Kier molecular flexibility index (Phi) is 37.1. The summed E-state index contributed by atoms with van der Waals surface area (Å²) in [7, 11) is 3.85. The number of carbonyl (C=O) groups excluding carboxylic acids is 3. The third kappa shape index (κ3) is 28.0. The number of morpholine rings is 1. The van der Waals surface area contributed by atoms with Gasteiger partial charge in [0.25, 0.3) is 0 Å². The highest BCUT2D eigenvalue weighted by atomic mass is 35.5. The summed E-state index contributed by atoms with van der Waals surface area (Å²) in [5.74, 6) is 1.02. The number of aliphatic hydroxyl groups is 1. The number of hydrogen-bond acceptors (Lipinski definition) is 13. The van der Waals surface area contributed by atoms with Gasteiger partial charge in [0.15, 0.2) is 15.4 Å². The Labute approximate surface area is 751 Å². The molecule has 0 atom stereocenters. The van der Waals surface area contributed by atoms with E-state index in [2.05, 4.69) is 201 Å². The van der Waals surface area contributed by atoms with Crippen molar-refractivity contribution in [1.82, 2.24) is 39.5 Å². The summed E-state index contributed by atoms with van der Waals surface area (Å²) in [5.41, 5.74) is 16.3. The van der Waals surface area contributed by atoms with Crippen molar-refractivity contribution in [2.45, 2.75) is 130 Å². The number of urea groups is 3. The van der Waals surface area contributed by atoms with E-state index in [0.717, 1.165) is 90.7 Å². The quantitative estimate of drug-likeness (QED) is 0.0261. The van der Waals surface area contributed by atoms with Gasteiger partial charge in [-0.25, -0.2) is 29.3 Å². The van der Waals surface area contributed by atoms with E-state index in [1.807, 2.05) is 174 Å². The Hall–Kier alpha value is -9.45. The average Bonchev–Trinajstić information content (AvgIpc) is 1.71. The molecule has 16 nitrogen and oxygen atoms in total. The number of nitrogens with zero attached hydrogens (tertiary/aromatic N) is 8. The van der Waals surface area contributed by atoms with Gasteiger partial charge in [-0.1, -0.05) is 335 Å². The van der Waals surface area contributed by atoms with Crippen molar-refractivity contribution in [3.8, 4) is 33.8 Å². The van der Waals surface area contributed by atoms with Crippen molar-refractivity contribution in [2.24, 2.45) is 0 Å². The van der Waals surface area contributed by atoms with E-state index < -0.39 is 0 Å². The molecule has 1 aliphatic heterocycles. The van der Waals surface area contributed by atoms with E-state index in [1.54, 1.807) is 0 Å². The molecule has 634 valence electrons. The molecule has 12 aromatic rings. The van der Waals surface area contributed by atoms with Crippen molar-refractivity contribution >= 4 is 126 Å². The number of amides is 6. The lowest BCUT2D eigenvalue weighted by atomic mass is 9.88. The van der Waals surface area contributed by atoms with E-state index in [1.165, 1.54) is 73.0 Å². The molecule has 4 N–H and O–H groups in total. The molecule has 3 aromatic heterocycles. The number of rotatable bonds is 29. The molecule has 0 aliphatic carbocycles. The largest absolute Gasteiger partial charge is 0.392 e. The fraction of sp³-hybridized carbons (Fsp3) is 0.299. The lowest BCUT2D eigenvalue weighted by Gasteiger charge is -2.29. The fourth-order valence-corrected chi connectivity index (χ4v) is 17.5. The van der Waals surface area contributed by atoms with E-state index in [4.69, 9.17) is 67.7 Å². The van der Waals surface area contributed by atoms with Crippen LogP contribution in [0.5, 0.6) is 0 Å². The number of aromatic nitrogens is 3. The lowest BCUT2D eigenvalue weighted by molar-refractivity contribution is 0.0342. The molecule has 0 radical (unpaired) electrons. The second-order valence-electron chi connectivity index (χ2n) is 30.5. The van der Waals surface area contributed by atoms with Gasteiger partial charge in [0, 0.05) is 112 Å². The first-order chi connectivity index (χ1) is 58.4. The van der Waals surface area contributed by atoms with Crippen molar-refractivity contribution in [3.05, 3.63) is 329 Å². The minimum absolute atomic E-state index is 0.0122. The molecule has 121 heavy (non-hydrogen) atoms. The molecule has 13 rings (SSSR count). The number of anilines is 3. The molecule has 0 bridgehead atoms. The number of benzene rings is 9. The molecule has 24 heteroatoms. The first kappa shape index (κ1) is 93.8. The predicted octanol–water partition coefficient (Wildman–Crippen LogP) is 25.9. The SMILES string of the molecule is CC(C)=C(Cl)N(C)C.CC(C)N(CCC(c1ccccc1)c1ccccc1)C(=O)Nc1nc(-c2ccc(CCl)cc2)c(Cl)s1.CC(C)N(CCC(c1ccccc1)c1ccccc1)C(=O)Nc1nc(-c2ccc(CN3CCOCC3)cc2)c(Cl)s1.CC(C)N(CCC(c1ccccc1)c1ccccc1)C(=O)Nc1nc(-c2ccc(CO)cc2)c(Cl)s1. The molecule has 0 spiro atoms. The summed E-state index contributed by atoms with van der Waals surface area (Å²) in [4.78, 5) is 63.8. The highest BCUT2D eigenvalue weighted by Gasteiger charge is 2.28. The minimum atomic E-state index is -0.197. The molecular formula is C97H108Cl5N11O5S3. The van der Waals surface area contributed by atoms with Crippen LogP contribution in [0.2, 0.25) is 13.0 Å². The van der Waals surface area contributed by atoms with E-state index in [-0.39, 0.29) is 60.6 Å². The van der Waals surface area contributed by atoms with E-state index >= 15 is 0 Å². The first-order valence-electron chi connectivity index (χ1n) is 40.7. The zero-order chi connectivity index (χ0) is 86.3. The molecule has 9 aromatic carbocycles. The van der Waals surface area contributed by atoms with Crippen LogP contribution < -0.4 is 16.0 Å². The predicted molar refractivity (Wildman–Crippen MR) is 508 cm³/mol. The summed E-state index contributed by atoms with van der Waals surface area (Å²) in [5, 5.41) is 20.5. The lowest BCUT2D eigenvalue weighted by Crippen LogP contribution is -2.41. The molecule has 1 fully saturated rings. The first-order valence-corrected chi connectivity index (χ1v) is 45.2. The normalized spacial score (nSPS) is 12.0. The highest BCUT2D eigenvalue weighted by molar-refractivity contribution is 7.21. The van der Waals surface area contributed by atoms with Gasteiger partial charge in [0.2, 0.25) is 0 Å². The van der Waals surface area contributed by atoms with Crippen LogP contribution in [0.3, 0.4) is 0 Å². The Bertz CT molecular complexity index is 4840. The van der Waals surface area contributed by atoms with Crippen LogP contribution >= 0.6 is 92.0 Å².